The smallest absolute Gasteiger partial charge is 0.242 e. The van der Waals surface area contributed by atoms with Gasteiger partial charge in [0.05, 0.1) is 12.2 Å². The zero-order valence-electron chi connectivity index (χ0n) is 14.1. The van der Waals surface area contributed by atoms with Crippen molar-refractivity contribution in [1.82, 2.24) is 15.2 Å². The van der Waals surface area contributed by atoms with Gasteiger partial charge in [-0.1, -0.05) is 43.3 Å². The molecular weight excluding hydrogens is 302 g/mol. The largest absolute Gasteiger partial charge is 0.349 e. The van der Waals surface area contributed by atoms with Crippen molar-refractivity contribution >= 4 is 11.8 Å². The first-order valence-electron chi connectivity index (χ1n) is 8.12. The standard InChI is InChI=1S/C19H23N3O2/c1-3-18(23)22(14-16-9-5-4-6-10-16)15(2)19(24)21-13-17-11-7-8-12-20-17/h4-12,15H,3,13-14H2,1-2H3,(H,21,24)/t15-/m1/s1. The summed E-state index contributed by atoms with van der Waals surface area (Å²) in [6.45, 7) is 4.33. The van der Waals surface area contributed by atoms with E-state index < -0.39 is 6.04 Å². The molecule has 1 atom stereocenters. The number of aromatic nitrogens is 1. The molecule has 126 valence electrons. The van der Waals surface area contributed by atoms with E-state index in [-0.39, 0.29) is 11.8 Å². The number of nitrogens with zero attached hydrogens (tertiary/aromatic N) is 2. The van der Waals surface area contributed by atoms with Crippen LogP contribution in [-0.2, 0) is 22.7 Å². The van der Waals surface area contributed by atoms with Crippen molar-refractivity contribution in [2.24, 2.45) is 0 Å². The second kappa shape index (κ2) is 8.82. The Hall–Kier alpha value is -2.69. The van der Waals surface area contributed by atoms with Gasteiger partial charge >= 0.3 is 0 Å². The third kappa shape index (κ3) is 4.91. The molecule has 1 aromatic heterocycles. The third-order valence-corrected chi connectivity index (χ3v) is 3.84. The number of amides is 2. The van der Waals surface area contributed by atoms with Crippen molar-refractivity contribution < 1.29 is 9.59 Å². The zero-order valence-corrected chi connectivity index (χ0v) is 14.1. The molecule has 2 rings (SSSR count). The number of pyridine rings is 1. The van der Waals surface area contributed by atoms with E-state index in [1.807, 2.05) is 48.5 Å². The van der Waals surface area contributed by atoms with Crippen molar-refractivity contribution in [2.75, 3.05) is 0 Å². The molecule has 5 heteroatoms. The molecule has 0 saturated carbocycles. The second-order valence-electron chi connectivity index (χ2n) is 5.58. The fourth-order valence-electron chi connectivity index (χ4n) is 2.39. The first kappa shape index (κ1) is 17.7. The van der Waals surface area contributed by atoms with Crippen LogP contribution in [0, 0.1) is 0 Å². The number of nitrogens with one attached hydrogen (secondary N) is 1. The Morgan fingerprint density at radius 1 is 1.12 bits per heavy atom. The molecule has 0 saturated heterocycles. The summed E-state index contributed by atoms with van der Waals surface area (Å²) in [6, 6.07) is 14.7. The Labute approximate surface area is 142 Å². The molecule has 24 heavy (non-hydrogen) atoms. The molecule has 1 N–H and O–H groups in total. The Morgan fingerprint density at radius 3 is 2.46 bits per heavy atom. The molecule has 1 aromatic carbocycles. The van der Waals surface area contributed by atoms with Gasteiger partial charge in [0, 0.05) is 19.2 Å². The molecule has 0 unspecified atom stereocenters. The molecule has 0 aliphatic rings. The van der Waals surface area contributed by atoms with E-state index in [0.717, 1.165) is 11.3 Å². The minimum absolute atomic E-state index is 0.0423. The lowest BCUT2D eigenvalue weighted by molar-refractivity contribution is -0.140. The van der Waals surface area contributed by atoms with Crippen molar-refractivity contribution in [3.05, 3.63) is 66.0 Å². The van der Waals surface area contributed by atoms with Crippen LogP contribution >= 0.6 is 0 Å². The number of rotatable bonds is 7. The van der Waals surface area contributed by atoms with Gasteiger partial charge in [-0.25, -0.2) is 0 Å². The third-order valence-electron chi connectivity index (χ3n) is 3.84. The predicted octanol–water partition coefficient (Wildman–Crippen LogP) is 2.53. The van der Waals surface area contributed by atoms with Gasteiger partial charge in [-0.05, 0) is 24.6 Å². The number of benzene rings is 1. The summed E-state index contributed by atoms with van der Waals surface area (Å²) in [5.41, 5.74) is 1.79. The van der Waals surface area contributed by atoms with E-state index in [1.54, 1.807) is 24.9 Å². The first-order chi connectivity index (χ1) is 11.6. The second-order valence-corrected chi connectivity index (χ2v) is 5.58. The highest BCUT2D eigenvalue weighted by Gasteiger charge is 2.24. The molecule has 1 heterocycles. The van der Waals surface area contributed by atoms with Gasteiger partial charge in [0.15, 0.2) is 0 Å². The normalized spacial score (nSPS) is 11.6. The minimum Gasteiger partial charge on any atom is -0.349 e. The van der Waals surface area contributed by atoms with E-state index in [0.29, 0.717) is 19.5 Å². The molecule has 2 aromatic rings. The van der Waals surface area contributed by atoms with E-state index in [9.17, 15) is 9.59 Å². The lowest BCUT2D eigenvalue weighted by Crippen LogP contribution is -2.47. The van der Waals surface area contributed by atoms with Gasteiger partial charge in [-0.3, -0.25) is 14.6 Å². The van der Waals surface area contributed by atoms with E-state index in [4.69, 9.17) is 0 Å². The lowest BCUT2D eigenvalue weighted by Gasteiger charge is -2.28. The van der Waals surface area contributed by atoms with Gasteiger partial charge in [-0.15, -0.1) is 0 Å². The molecule has 0 fully saturated rings. The van der Waals surface area contributed by atoms with Crippen LogP contribution in [-0.4, -0.2) is 27.7 Å². The average Bonchev–Trinajstić information content (AvgIpc) is 2.64. The summed E-state index contributed by atoms with van der Waals surface area (Å²) in [5, 5.41) is 2.85. The van der Waals surface area contributed by atoms with Gasteiger partial charge in [-0.2, -0.15) is 0 Å². The van der Waals surface area contributed by atoms with Crippen LogP contribution in [0.15, 0.2) is 54.7 Å². The van der Waals surface area contributed by atoms with Crippen molar-refractivity contribution in [2.45, 2.75) is 39.4 Å². The molecule has 0 aliphatic carbocycles. The van der Waals surface area contributed by atoms with Gasteiger partial charge < -0.3 is 10.2 Å². The summed E-state index contributed by atoms with van der Waals surface area (Å²) in [5.74, 6) is -0.224. The maximum Gasteiger partial charge on any atom is 0.242 e. The molecule has 0 bridgehead atoms. The Kier molecular flexibility index (Phi) is 6.49. The Bertz CT molecular complexity index is 659. The molecule has 0 radical (unpaired) electrons. The number of carbonyl (C=O) groups excluding carboxylic acids is 2. The number of carbonyl (C=O) groups is 2. The summed E-state index contributed by atoms with van der Waals surface area (Å²) in [4.78, 5) is 30.5. The zero-order chi connectivity index (χ0) is 17.4. The van der Waals surface area contributed by atoms with Crippen LogP contribution < -0.4 is 5.32 Å². The van der Waals surface area contributed by atoms with Gasteiger partial charge in [0.2, 0.25) is 11.8 Å². The monoisotopic (exact) mass is 325 g/mol. The van der Waals surface area contributed by atoms with E-state index in [2.05, 4.69) is 10.3 Å². The Morgan fingerprint density at radius 2 is 1.83 bits per heavy atom. The lowest BCUT2D eigenvalue weighted by atomic mass is 10.1. The van der Waals surface area contributed by atoms with Crippen LogP contribution in [0.3, 0.4) is 0 Å². The summed E-state index contributed by atoms with van der Waals surface area (Å²) < 4.78 is 0. The van der Waals surface area contributed by atoms with Gasteiger partial charge in [0.1, 0.15) is 6.04 Å². The van der Waals surface area contributed by atoms with Crippen LogP contribution in [0.25, 0.3) is 0 Å². The first-order valence-corrected chi connectivity index (χ1v) is 8.12. The van der Waals surface area contributed by atoms with Crippen LogP contribution in [0.2, 0.25) is 0 Å². The molecule has 2 amide bonds. The number of hydrogen-bond donors (Lipinski definition) is 1. The summed E-state index contributed by atoms with van der Waals surface area (Å²) in [6.07, 6.45) is 2.05. The van der Waals surface area contributed by atoms with E-state index in [1.165, 1.54) is 0 Å². The molecule has 0 spiro atoms. The molecule has 5 nitrogen and oxygen atoms in total. The molecule has 0 aliphatic heterocycles. The SMILES string of the molecule is CCC(=O)N(Cc1ccccc1)[C@H](C)C(=O)NCc1ccccn1. The van der Waals surface area contributed by atoms with Gasteiger partial charge in [0.25, 0.3) is 0 Å². The summed E-state index contributed by atoms with van der Waals surface area (Å²) in [7, 11) is 0. The predicted molar refractivity (Wildman–Crippen MR) is 92.8 cm³/mol. The highest BCUT2D eigenvalue weighted by atomic mass is 16.2. The quantitative estimate of drug-likeness (QED) is 0.851. The van der Waals surface area contributed by atoms with Crippen LogP contribution in [0.5, 0.6) is 0 Å². The topological polar surface area (TPSA) is 62.3 Å². The maximum absolute atomic E-state index is 12.4. The Balaban J connectivity index is 2.02. The van der Waals surface area contributed by atoms with Crippen LogP contribution in [0.4, 0.5) is 0 Å². The van der Waals surface area contributed by atoms with Crippen molar-refractivity contribution in [1.29, 1.82) is 0 Å². The van der Waals surface area contributed by atoms with Crippen molar-refractivity contribution in [3.63, 3.8) is 0 Å². The van der Waals surface area contributed by atoms with Crippen LogP contribution in [0.1, 0.15) is 31.5 Å². The summed E-state index contributed by atoms with van der Waals surface area (Å²) >= 11 is 0. The van der Waals surface area contributed by atoms with Crippen molar-refractivity contribution in [3.8, 4) is 0 Å². The minimum atomic E-state index is -0.540. The van der Waals surface area contributed by atoms with E-state index >= 15 is 0 Å². The fourth-order valence-corrected chi connectivity index (χ4v) is 2.39. The highest BCUT2D eigenvalue weighted by Crippen LogP contribution is 2.10. The highest BCUT2D eigenvalue weighted by molar-refractivity contribution is 5.87. The average molecular weight is 325 g/mol. The molecular formula is C19H23N3O2. The number of hydrogen-bond acceptors (Lipinski definition) is 3. The maximum atomic E-state index is 12.4. The fraction of sp³-hybridized carbons (Fsp3) is 0.316.